The average molecular weight is 1490 g/mol. The van der Waals surface area contributed by atoms with Gasteiger partial charge in [0.15, 0.2) is 5.82 Å². The van der Waals surface area contributed by atoms with Crippen LogP contribution in [0.15, 0.2) is 84.9 Å². The Bertz CT molecular complexity index is 3730. The van der Waals surface area contributed by atoms with Crippen LogP contribution in [-0.4, -0.2) is 273 Å². The Hall–Kier alpha value is -7.62. The number of piperazine rings is 1. The highest BCUT2D eigenvalue weighted by atomic mass is 35.5. The van der Waals surface area contributed by atoms with Crippen LogP contribution in [0.3, 0.4) is 0 Å². The van der Waals surface area contributed by atoms with E-state index in [1.165, 1.54) is 17.0 Å². The highest BCUT2D eigenvalue weighted by Crippen LogP contribution is 2.43. The molecular weight excluding hydrogens is 1390 g/mol. The van der Waals surface area contributed by atoms with E-state index in [4.69, 9.17) is 64.0 Å². The minimum absolute atomic E-state index is 0.00348. The second-order valence-corrected chi connectivity index (χ2v) is 27.2. The number of aromatic hydroxyl groups is 1. The molecule has 2 saturated heterocycles. The van der Waals surface area contributed by atoms with E-state index in [1.807, 2.05) is 93.6 Å². The molecule has 0 radical (unpaired) electrons. The number of aliphatic hydroxyl groups excluding tert-OH is 1. The number of likely N-dealkylation sites (N-methyl/N-ethyl adjacent to an activating group) is 1. The number of carbonyl (C=O) groups excluding carboxylic acids is 5. The molecule has 4 atom stereocenters. The molecule has 5 amide bonds. The zero-order valence-corrected chi connectivity index (χ0v) is 61.9. The molecule has 0 saturated carbocycles. The molecule has 0 aliphatic carbocycles. The lowest BCUT2D eigenvalue weighted by Crippen LogP contribution is -2.58. The van der Waals surface area contributed by atoms with Gasteiger partial charge in [-0.2, -0.15) is 4.98 Å². The summed E-state index contributed by atoms with van der Waals surface area (Å²) < 4.78 is 72.8. The minimum atomic E-state index is -0.986. The van der Waals surface area contributed by atoms with Gasteiger partial charge in [0.2, 0.25) is 35.5 Å². The van der Waals surface area contributed by atoms with Crippen molar-refractivity contribution in [3.05, 3.63) is 107 Å². The standard InChI is InChI=1S/C74H100ClFN10O17S/c1-8-63(90)84-19-21-85(22-20-84)70-59-46-60(75)65(58-44-55(87)43-54-11-9-10-12-57(54)58)66(76)67(59)81-73(82-70)77-18-17-64(91)83(7)23-24-94-25-26-95-27-28-96-29-30-97-31-32-98-33-34-99-35-36-100-37-38-101-39-40-102-41-42-103-48-62(89)80-69(74(4,5)6)72(93)86-47-56(88)45-61(86)71(92)79-50(2)52-13-15-53(16-14-52)68-51(3)78-49-104-68/h8-16,43-44,46,49-50,56,61,69,87-88H,1,17-42,45,47-48H2,2-7H3,(H,79,92)(H,80,89)(H,77,81,82)/t50-,56+,61-,69+/m0/s1. The molecule has 5 N–H and O–H groups in total. The number of ether oxygens (including phenoxy) is 10. The number of benzene rings is 4. The molecular formula is C74H100ClFN10O17S. The summed E-state index contributed by atoms with van der Waals surface area (Å²) in [4.78, 5) is 87.6. The molecule has 568 valence electrons. The van der Waals surface area contributed by atoms with Crippen LogP contribution in [0.2, 0.25) is 5.02 Å². The average Bonchev–Trinajstić information content (AvgIpc) is 0.917. The molecule has 104 heavy (non-hydrogen) atoms. The van der Waals surface area contributed by atoms with Crippen LogP contribution in [0.25, 0.3) is 43.2 Å². The van der Waals surface area contributed by atoms with Crippen LogP contribution in [0.5, 0.6) is 5.75 Å². The van der Waals surface area contributed by atoms with Crippen LogP contribution in [0.1, 0.15) is 57.8 Å². The van der Waals surface area contributed by atoms with Crippen molar-refractivity contribution in [2.75, 3.05) is 195 Å². The van der Waals surface area contributed by atoms with Crippen molar-refractivity contribution in [2.45, 2.75) is 71.7 Å². The summed E-state index contributed by atoms with van der Waals surface area (Å²) in [5, 5.41) is 32.1. The Labute approximate surface area is 615 Å². The second-order valence-electron chi connectivity index (χ2n) is 26.0. The van der Waals surface area contributed by atoms with Crippen LogP contribution in [0.4, 0.5) is 16.2 Å². The zero-order chi connectivity index (χ0) is 74.4. The summed E-state index contributed by atoms with van der Waals surface area (Å²) in [6.07, 6.45) is 0.553. The van der Waals surface area contributed by atoms with Gasteiger partial charge in [-0.15, -0.1) is 11.3 Å². The highest BCUT2D eigenvalue weighted by molar-refractivity contribution is 7.13. The van der Waals surface area contributed by atoms with Crippen molar-refractivity contribution in [1.82, 2.24) is 40.3 Å². The fourth-order valence-electron chi connectivity index (χ4n) is 11.7. The van der Waals surface area contributed by atoms with E-state index >= 15 is 4.39 Å². The SMILES string of the molecule is C=CC(=O)N1CCN(c2nc(NCCC(=O)N(C)CCOCCOCCOCCOCCOCCOCCOCCOCCOCCOCC(=O)N[C@H](C(=O)N3C[C@H](O)C[C@H]3C(=O)N[C@@H](C)c3ccc(-c4scnc4C)cc3)C(C)(C)C)nc3c(F)c(-c4cc(O)cc5ccccc45)c(Cl)cc23)CC1. The number of β-amino-alcohol motifs (C(OH)–C–C–N with tert-alkyl or cyclic N) is 1. The normalized spacial score (nSPS) is 15.4. The molecule has 2 fully saturated rings. The molecule has 0 bridgehead atoms. The summed E-state index contributed by atoms with van der Waals surface area (Å²) >= 11 is 8.45. The maximum atomic E-state index is 17.0. The number of fused-ring (bicyclic) bond motifs is 2. The topological polar surface area (TPSA) is 306 Å². The Balaban J connectivity index is 0.571. The monoisotopic (exact) mass is 1490 g/mol. The number of aliphatic hydroxyl groups is 1. The van der Waals surface area contributed by atoms with E-state index < -0.39 is 41.2 Å². The summed E-state index contributed by atoms with van der Waals surface area (Å²) in [5.74, 6) is -1.88. The van der Waals surface area contributed by atoms with Gasteiger partial charge < -0.3 is 93.1 Å². The molecule has 27 nitrogen and oxygen atoms in total. The number of phenols is 1. The molecule has 2 aliphatic rings. The largest absolute Gasteiger partial charge is 0.508 e. The fourth-order valence-corrected chi connectivity index (χ4v) is 12.8. The van der Waals surface area contributed by atoms with E-state index in [-0.39, 0.29) is 97.3 Å². The number of phenolic OH excluding ortho intramolecular Hbond substituents is 1. The van der Waals surface area contributed by atoms with Gasteiger partial charge in [-0.3, -0.25) is 24.0 Å². The van der Waals surface area contributed by atoms with Gasteiger partial charge in [0.1, 0.15) is 35.8 Å². The van der Waals surface area contributed by atoms with Crippen LogP contribution < -0.4 is 20.9 Å². The quantitative estimate of drug-likeness (QED) is 0.0190. The molecule has 0 spiro atoms. The first-order valence-corrected chi connectivity index (χ1v) is 36.4. The maximum Gasteiger partial charge on any atom is 0.246 e. The van der Waals surface area contributed by atoms with Gasteiger partial charge >= 0.3 is 0 Å². The predicted octanol–water partition coefficient (Wildman–Crippen LogP) is 7.01. The number of hydrogen-bond acceptors (Lipinski definition) is 23. The van der Waals surface area contributed by atoms with Crippen molar-refractivity contribution < 1.29 is 85.9 Å². The number of thiazole rings is 1. The minimum Gasteiger partial charge on any atom is -0.508 e. The third kappa shape index (κ3) is 25.0. The number of hydrogen-bond donors (Lipinski definition) is 5. The lowest BCUT2D eigenvalue weighted by molar-refractivity contribution is -0.144. The number of aryl methyl sites for hydroxylation is 1. The van der Waals surface area contributed by atoms with E-state index in [0.29, 0.717) is 173 Å². The maximum absolute atomic E-state index is 17.0. The number of likely N-dealkylation sites (tertiary alicyclic amines) is 1. The lowest BCUT2D eigenvalue weighted by atomic mass is 9.85. The summed E-state index contributed by atoms with van der Waals surface area (Å²) in [6.45, 7) is 21.5. The Morgan fingerprint density at radius 3 is 1.86 bits per heavy atom. The smallest absolute Gasteiger partial charge is 0.246 e. The Morgan fingerprint density at radius 2 is 1.31 bits per heavy atom. The van der Waals surface area contributed by atoms with Gasteiger partial charge in [-0.05, 0) is 71.0 Å². The van der Waals surface area contributed by atoms with Crippen LogP contribution >= 0.6 is 22.9 Å². The number of carbonyl (C=O) groups is 5. The number of halogens is 2. The number of nitrogens with zero attached hydrogens (tertiary/aromatic N) is 7. The molecule has 8 rings (SSSR count). The summed E-state index contributed by atoms with van der Waals surface area (Å²) in [7, 11) is 1.69. The molecule has 4 heterocycles. The first-order chi connectivity index (χ1) is 50.2. The van der Waals surface area contributed by atoms with Gasteiger partial charge in [0.05, 0.1) is 159 Å². The van der Waals surface area contributed by atoms with Crippen LogP contribution in [0, 0.1) is 18.2 Å². The lowest BCUT2D eigenvalue weighted by Gasteiger charge is -2.35. The van der Waals surface area contributed by atoms with Gasteiger partial charge in [-0.1, -0.05) is 87.5 Å². The van der Waals surface area contributed by atoms with E-state index in [1.54, 1.807) is 40.3 Å². The van der Waals surface area contributed by atoms with Gasteiger partial charge in [0.25, 0.3) is 0 Å². The van der Waals surface area contributed by atoms with Crippen molar-refractivity contribution >= 4 is 85.9 Å². The van der Waals surface area contributed by atoms with Crippen molar-refractivity contribution in [2.24, 2.45) is 5.41 Å². The van der Waals surface area contributed by atoms with Crippen LogP contribution in [-0.2, 0) is 71.3 Å². The van der Waals surface area contributed by atoms with Crippen molar-refractivity contribution in [1.29, 1.82) is 0 Å². The van der Waals surface area contributed by atoms with E-state index in [0.717, 1.165) is 21.7 Å². The van der Waals surface area contributed by atoms with E-state index in [2.05, 4.69) is 32.5 Å². The number of amides is 5. The zero-order valence-electron chi connectivity index (χ0n) is 60.3. The second kappa shape index (κ2) is 42.5. The van der Waals surface area contributed by atoms with Gasteiger partial charge in [0, 0.05) is 76.7 Å². The van der Waals surface area contributed by atoms with Crippen molar-refractivity contribution in [3.63, 3.8) is 0 Å². The van der Waals surface area contributed by atoms with Gasteiger partial charge in [-0.25, -0.2) is 14.4 Å². The summed E-state index contributed by atoms with van der Waals surface area (Å²) in [6, 6.07) is 17.6. The Kier molecular flexibility index (Phi) is 33.5. The number of nitrogens with one attached hydrogen (secondary N) is 3. The van der Waals surface area contributed by atoms with Crippen molar-refractivity contribution in [3.8, 4) is 27.3 Å². The molecule has 2 aromatic heterocycles. The molecule has 2 aliphatic heterocycles. The molecule has 0 unspecified atom stereocenters. The Morgan fingerprint density at radius 1 is 0.750 bits per heavy atom. The highest BCUT2D eigenvalue weighted by Gasteiger charge is 2.45. The fraction of sp³-hybridized carbons (Fsp3) is 0.541. The third-order valence-electron chi connectivity index (χ3n) is 17.3. The number of anilines is 2. The summed E-state index contributed by atoms with van der Waals surface area (Å²) in [5.41, 5.74) is 4.45. The molecule has 4 aromatic carbocycles. The molecule has 6 aromatic rings. The first-order valence-electron chi connectivity index (χ1n) is 35.1. The van der Waals surface area contributed by atoms with E-state index in [9.17, 15) is 34.2 Å². The number of rotatable bonds is 45. The predicted molar refractivity (Wildman–Crippen MR) is 393 cm³/mol. The number of aromatic nitrogens is 3. The molecule has 30 heteroatoms. The third-order valence-corrected chi connectivity index (χ3v) is 18.6. The first kappa shape index (κ1) is 82.0.